The summed E-state index contributed by atoms with van der Waals surface area (Å²) in [5.74, 6) is 0.430. The van der Waals surface area contributed by atoms with Gasteiger partial charge in [0.2, 0.25) is 11.8 Å². The minimum Gasteiger partial charge on any atom is -0.339 e. The Balaban J connectivity index is 1.32. The number of rotatable bonds is 8. The van der Waals surface area contributed by atoms with Crippen LogP contribution in [0.25, 0.3) is 0 Å². The van der Waals surface area contributed by atoms with Crippen molar-refractivity contribution in [2.45, 2.75) is 38.5 Å². The maximum atomic E-state index is 12.4. The topological polar surface area (TPSA) is 40.6 Å². The summed E-state index contributed by atoms with van der Waals surface area (Å²) in [4.78, 5) is 28.7. The lowest BCUT2D eigenvalue weighted by Crippen LogP contribution is -2.50. The molecule has 1 aliphatic rings. The average molecular weight is 379 g/mol. The first-order valence-corrected chi connectivity index (χ1v) is 10.4. The van der Waals surface area contributed by atoms with Crippen LogP contribution < -0.4 is 0 Å². The molecular weight excluding hydrogens is 348 g/mol. The third-order valence-electron chi connectivity index (χ3n) is 5.38. The van der Waals surface area contributed by atoms with E-state index < -0.39 is 0 Å². The monoisotopic (exact) mass is 378 g/mol. The number of amides is 2. The van der Waals surface area contributed by atoms with Gasteiger partial charge in [-0.3, -0.25) is 9.59 Å². The molecule has 1 heterocycles. The molecule has 0 saturated carbocycles. The third-order valence-corrected chi connectivity index (χ3v) is 5.38. The van der Waals surface area contributed by atoms with Crippen molar-refractivity contribution in [1.29, 1.82) is 0 Å². The fraction of sp³-hybridized carbons (Fsp3) is 0.417. The second kappa shape index (κ2) is 10.6. The molecule has 1 aliphatic heterocycles. The van der Waals surface area contributed by atoms with E-state index in [0.717, 1.165) is 25.7 Å². The normalized spacial score (nSPS) is 14.1. The zero-order valence-electron chi connectivity index (χ0n) is 16.6. The van der Waals surface area contributed by atoms with Crippen LogP contribution in [0.1, 0.15) is 36.8 Å². The molecule has 148 valence electrons. The zero-order valence-corrected chi connectivity index (χ0v) is 16.6. The molecule has 0 bridgehead atoms. The van der Waals surface area contributed by atoms with Crippen LogP contribution >= 0.6 is 0 Å². The molecule has 0 atom stereocenters. The highest BCUT2D eigenvalue weighted by Crippen LogP contribution is 2.11. The number of carbonyl (C=O) groups is 2. The predicted molar refractivity (Wildman–Crippen MR) is 112 cm³/mol. The Bertz CT molecular complexity index is 672. The van der Waals surface area contributed by atoms with Crippen LogP contribution in [-0.4, -0.2) is 47.8 Å². The average Bonchev–Trinajstić information content (AvgIpc) is 2.75. The van der Waals surface area contributed by atoms with E-state index in [-0.39, 0.29) is 11.8 Å². The van der Waals surface area contributed by atoms with Gasteiger partial charge in [-0.15, -0.1) is 0 Å². The van der Waals surface area contributed by atoms with Gasteiger partial charge in [0.05, 0.1) is 0 Å². The lowest BCUT2D eigenvalue weighted by molar-refractivity contribution is -0.139. The summed E-state index contributed by atoms with van der Waals surface area (Å²) < 4.78 is 0. The van der Waals surface area contributed by atoms with Crippen molar-refractivity contribution in [3.63, 3.8) is 0 Å². The molecule has 0 unspecified atom stereocenters. The minimum atomic E-state index is 0.215. The van der Waals surface area contributed by atoms with Gasteiger partial charge in [0, 0.05) is 39.0 Å². The standard InChI is InChI=1S/C24H30N2O2/c27-23(15-7-13-21-9-3-1-4-10-21)25-17-19-26(20-18-25)24(28)16-8-14-22-11-5-2-6-12-22/h1-6,9-12H,7-8,13-20H2. The second-order valence-electron chi connectivity index (χ2n) is 7.44. The van der Waals surface area contributed by atoms with Crippen molar-refractivity contribution >= 4 is 11.8 Å². The zero-order chi connectivity index (χ0) is 19.6. The molecule has 2 aromatic rings. The first kappa shape index (κ1) is 20.1. The van der Waals surface area contributed by atoms with Crippen LogP contribution in [0.15, 0.2) is 60.7 Å². The Kier molecular flexibility index (Phi) is 7.65. The molecule has 4 nitrogen and oxygen atoms in total. The van der Waals surface area contributed by atoms with E-state index in [0.29, 0.717) is 39.0 Å². The lowest BCUT2D eigenvalue weighted by Gasteiger charge is -2.35. The molecule has 2 amide bonds. The van der Waals surface area contributed by atoms with Crippen LogP contribution in [0.5, 0.6) is 0 Å². The second-order valence-corrected chi connectivity index (χ2v) is 7.44. The fourth-order valence-electron chi connectivity index (χ4n) is 3.70. The van der Waals surface area contributed by atoms with E-state index in [9.17, 15) is 9.59 Å². The molecule has 0 aliphatic carbocycles. The van der Waals surface area contributed by atoms with E-state index in [4.69, 9.17) is 0 Å². The van der Waals surface area contributed by atoms with Crippen molar-refractivity contribution < 1.29 is 9.59 Å². The summed E-state index contributed by atoms with van der Waals surface area (Å²) >= 11 is 0. The van der Waals surface area contributed by atoms with E-state index >= 15 is 0 Å². The molecule has 28 heavy (non-hydrogen) atoms. The Labute approximate surface area is 168 Å². The largest absolute Gasteiger partial charge is 0.339 e. The highest BCUT2D eigenvalue weighted by atomic mass is 16.2. The van der Waals surface area contributed by atoms with Crippen LogP contribution in [-0.2, 0) is 22.4 Å². The van der Waals surface area contributed by atoms with Crippen LogP contribution in [0.3, 0.4) is 0 Å². The van der Waals surface area contributed by atoms with Gasteiger partial charge in [0.1, 0.15) is 0 Å². The Hall–Kier alpha value is -2.62. The van der Waals surface area contributed by atoms with Crippen molar-refractivity contribution in [2.24, 2.45) is 0 Å². The van der Waals surface area contributed by atoms with Gasteiger partial charge in [-0.2, -0.15) is 0 Å². The third kappa shape index (κ3) is 6.22. The molecule has 0 N–H and O–H groups in total. The SMILES string of the molecule is O=C(CCCc1ccccc1)N1CCN(C(=O)CCCc2ccccc2)CC1. The number of nitrogens with zero attached hydrogens (tertiary/aromatic N) is 2. The van der Waals surface area contributed by atoms with E-state index in [1.54, 1.807) is 0 Å². The van der Waals surface area contributed by atoms with Crippen LogP contribution in [0.4, 0.5) is 0 Å². The maximum Gasteiger partial charge on any atom is 0.222 e. The predicted octanol–water partition coefficient (Wildman–Crippen LogP) is 3.70. The van der Waals surface area contributed by atoms with Crippen molar-refractivity contribution in [3.05, 3.63) is 71.8 Å². The smallest absolute Gasteiger partial charge is 0.222 e. The number of carbonyl (C=O) groups excluding carboxylic acids is 2. The first-order valence-electron chi connectivity index (χ1n) is 10.4. The molecule has 3 rings (SSSR count). The van der Waals surface area contributed by atoms with E-state index in [2.05, 4.69) is 24.3 Å². The number of aryl methyl sites for hydroxylation is 2. The van der Waals surface area contributed by atoms with Gasteiger partial charge in [-0.1, -0.05) is 60.7 Å². The Morgan fingerprint density at radius 2 is 0.964 bits per heavy atom. The van der Waals surface area contributed by atoms with Gasteiger partial charge in [-0.05, 0) is 36.8 Å². The highest BCUT2D eigenvalue weighted by Gasteiger charge is 2.23. The molecular formula is C24H30N2O2. The van der Waals surface area contributed by atoms with E-state index in [1.165, 1.54) is 11.1 Å². The summed E-state index contributed by atoms with van der Waals surface area (Å²) in [5, 5.41) is 0. The van der Waals surface area contributed by atoms with Crippen LogP contribution in [0.2, 0.25) is 0 Å². The van der Waals surface area contributed by atoms with Gasteiger partial charge < -0.3 is 9.80 Å². The number of benzene rings is 2. The quantitative estimate of drug-likeness (QED) is 0.703. The summed E-state index contributed by atoms with van der Waals surface area (Å²) in [6, 6.07) is 20.6. The van der Waals surface area contributed by atoms with Crippen molar-refractivity contribution in [3.8, 4) is 0 Å². The Morgan fingerprint density at radius 1 is 0.607 bits per heavy atom. The highest BCUT2D eigenvalue weighted by molar-refractivity contribution is 5.78. The van der Waals surface area contributed by atoms with Gasteiger partial charge in [0.25, 0.3) is 0 Å². The summed E-state index contributed by atoms with van der Waals surface area (Å²) in [6.07, 6.45) is 4.79. The van der Waals surface area contributed by atoms with Gasteiger partial charge in [-0.25, -0.2) is 0 Å². The minimum absolute atomic E-state index is 0.215. The molecule has 2 aromatic carbocycles. The summed E-state index contributed by atoms with van der Waals surface area (Å²) in [5.41, 5.74) is 2.56. The number of piperazine rings is 1. The maximum absolute atomic E-state index is 12.4. The molecule has 1 saturated heterocycles. The van der Waals surface area contributed by atoms with Crippen molar-refractivity contribution in [2.75, 3.05) is 26.2 Å². The van der Waals surface area contributed by atoms with Gasteiger partial charge in [0.15, 0.2) is 0 Å². The van der Waals surface area contributed by atoms with Crippen LogP contribution in [0, 0.1) is 0 Å². The molecule has 1 fully saturated rings. The first-order chi connectivity index (χ1) is 13.7. The lowest BCUT2D eigenvalue weighted by atomic mass is 10.1. The molecule has 0 radical (unpaired) electrons. The fourth-order valence-corrected chi connectivity index (χ4v) is 3.70. The Morgan fingerprint density at radius 3 is 1.32 bits per heavy atom. The number of hydrogen-bond acceptors (Lipinski definition) is 2. The molecule has 0 spiro atoms. The summed E-state index contributed by atoms with van der Waals surface area (Å²) in [7, 11) is 0. The van der Waals surface area contributed by atoms with E-state index in [1.807, 2.05) is 46.2 Å². The molecule has 4 heteroatoms. The summed E-state index contributed by atoms with van der Waals surface area (Å²) in [6.45, 7) is 2.65. The van der Waals surface area contributed by atoms with Gasteiger partial charge >= 0.3 is 0 Å². The number of hydrogen-bond donors (Lipinski definition) is 0. The molecule has 0 aromatic heterocycles. The van der Waals surface area contributed by atoms with Crippen molar-refractivity contribution in [1.82, 2.24) is 9.80 Å².